The SMILES string of the molecule is CCc1ccccc1OCC(=O)Nc1sc2c(c1C(N)=O)CCC2. The zero-order valence-electron chi connectivity index (χ0n) is 13.6. The summed E-state index contributed by atoms with van der Waals surface area (Å²) in [5, 5.41) is 3.33. The van der Waals surface area contributed by atoms with E-state index in [1.54, 1.807) is 0 Å². The Bertz CT molecular complexity index is 783. The number of nitrogens with two attached hydrogens (primary N) is 1. The molecule has 5 nitrogen and oxygen atoms in total. The van der Waals surface area contributed by atoms with Crippen molar-refractivity contribution in [2.45, 2.75) is 32.6 Å². The molecule has 1 aliphatic carbocycles. The molecular formula is C18H20N2O3S. The third-order valence-corrected chi connectivity index (χ3v) is 5.34. The normalized spacial score (nSPS) is 12.7. The van der Waals surface area contributed by atoms with Crippen molar-refractivity contribution in [3.05, 3.63) is 45.8 Å². The van der Waals surface area contributed by atoms with Crippen LogP contribution in [0.5, 0.6) is 5.75 Å². The number of rotatable bonds is 6. The van der Waals surface area contributed by atoms with E-state index in [1.165, 1.54) is 11.3 Å². The second-order valence-electron chi connectivity index (χ2n) is 5.72. The largest absolute Gasteiger partial charge is 0.483 e. The van der Waals surface area contributed by atoms with Gasteiger partial charge in [0.1, 0.15) is 10.8 Å². The van der Waals surface area contributed by atoms with Crippen LogP contribution in [0, 0.1) is 0 Å². The van der Waals surface area contributed by atoms with Gasteiger partial charge in [0, 0.05) is 4.88 Å². The predicted molar refractivity (Wildman–Crippen MR) is 94.8 cm³/mol. The summed E-state index contributed by atoms with van der Waals surface area (Å²) in [6.45, 7) is 1.94. The lowest BCUT2D eigenvalue weighted by Gasteiger charge is -2.10. The molecule has 2 amide bonds. The quantitative estimate of drug-likeness (QED) is 0.845. The minimum absolute atomic E-state index is 0.0994. The molecule has 0 atom stereocenters. The molecule has 0 fully saturated rings. The number of primary amides is 1. The molecule has 0 spiro atoms. The first-order valence-electron chi connectivity index (χ1n) is 8.05. The van der Waals surface area contributed by atoms with E-state index in [0.29, 0.717) is 16.3 Å². The van der Waals surface area contributed by atoms with Crippen molar-refractivity contribution in [1.82, 2.24) is 0 Å². The molecule has 0 saturated heterocycles. The molecule has 1 aliphatic rings. The van der Waals surface area contributed by atoms with E-state index < -0.39 is 5.91 Å². The molecule has 1 aromatic carbocycles. The number of ether oxygens (including phenoxy) is 1. The van der Waals surface area contributed by atoms with E-state index in [1.807, 2.05) is 31.2 Å². The van der Waals surface area contributed by atoms with E-state index in [-0.39, 0.29) is 12.5 Å². The van der Waals surface area contributed by atoms with E-state index in [9.17, 15) is 9.59 Å². The van der Waals surface area contributed by atoms with Crippen LogP contribution in [0.2, 0.25) is 0 Å². The van der Waals surface area contributed by atoms with Gasteiger partial charge in [0.15, 0.2) is 6.61 Å². The summed E-state index contributed by atoms with van der Waals surface area (Å²) in [5.74, 6) is -0.0655. The standard InChI is InChI=1S/C18H20N2O3S/c1-2-11-6-3-4-8-13(11)23-10-15(21)20-18-16(17(19)22)12-7-5-9-14(12)24-18/h3-4,6,8H,2,5,7,9-10H2,1H3,(H2,19,22)(H,20,21). The highest BCUT2D eigenvalue weighted by atomic mass is 32.1. The van der Waals surface area contributed by atoms with Crippen molar-refractivity contribution in [3.63, 3.8) is 0 Å². The molecule has 0 saturated carbocycles. The van der Waals surface area contributed by atoms with E-state index in [2.05, 4.69) is 5.32 Å². The number of benzene rings is 1. The van der Waals surface area contributed by atoms with Crippen molar-refractivity contribution < 1.29 is 14.3 Å². The van der Waals surface area contributed by atoms with Gasteiger partial charge in [0.2, 0.25) is 0 Å². The van der Waals surface area contributed by atoms with Gasteiger partial charge in [0.25, 0.3) is 11.8 Å². The summed E-state index contributed by atoms with van der Waals surface area (Å²) in [6.07, 6.45) is 3.66. The number of aryl methyl sites for hydroxylation is 2. The number of carbonyl (C=O) groups is 2. The monoisotopic (exact) mass is 344 g/mol. The highest BCUT2D eigenvalue weighted by Gasteiger charge is 2.26. The summed E-state index contributed by atoms with van der Waals surface area (Å²) in [5.41, 5.74) is 8.02. The number of carbonyl (C=O) groups excluding carboxylic acids is 2. The van der Waals surface area contributed by atoms with Crippen molar-refractivity contribution in [2.24, 2.45) is 5.73 Å². The zero-order valence-corrected chi connectivity index (χ0v) is 14.4. The van der Waals surface area contributed by atoms with Gasteiger partial charge in [-0.05, 0) is 42.9 Å². The van der Waals surface area contributed by atoms with Crippen LogP contribution < -0.4 is 15.8 Å². The molecule has 1 heterocycles. The molecule has 3 N–H and O–H groups in total. The molecule has 2 aromatic rings. The number of amides is 2. The first kappa shape index (κ1) is 16.5. The maximum Gasteiger partial charge on any atom is 0.262 e. The third-order valence-electron chi connectivity index (χ3n) is 4.13. The van der Waals surface area contributed by atoms with Crippen LogP contribution in [-0.4, -0.2) is 18.4 Å². The van der Waals surface area contributed by atoms with Crippen LogP contribution in [0.3, 0.4) is 0 Å². The molecule has 1 aromatic heterocycles. The first-order valence-corrected chi connectivity index (χ1v) is 8.86. The van der Waals surface area contributed by atoms with Gasteiger partial charge in [-0.25, -0.2) is 0 Å². The van der Waals surface area contributed by atoms with Crippen LogP contribution >= 0.6 is 11.3 Å². The number of nitrogens with one attached hydrogen (secondary N) is 1. The van der Waals surface area contributed by atoms with E-state index in [0.717, 1.165) is 41.7 Å². The van der Waals surface area contributed by atoms with Crippen molar-refractivity contribution in [3.8, 4) is 5.75 Å². The molecule has 24 heavy (non-hydrogen) atoms. The van der Waals surface area contributed by atoms with Gasteiger partial charge in [-0.2, -0.15) is 0 Å². The first-order chi connectivity index (χ1) is 11.6. The molecule has 6 heteroatoms. The average Bonchev–Trinajstić information content (AvgIpc) is 3.13. The van der Waals surface area contributed by atoms with Gasteiger partial charge in [0.05, 0.1) is 5.56 Å². The topological polar surface area (TPSA) is 81.4 Å². The van der Waals surface area contributed by atoms with Crippen molar-refractivity contribution in [2.75, 3.05) is 11.9 Å². The summed E-state index contributed by atoms with van der Waals surface area (Å²) in [6, 6.07) is 7.64. The summed E-state index contributed by atoms with van der Waals surface area (Å²) in [4.78, 5) is 25.1. The van der Waals surface area contributed by atoms with E-state index in [4.69, 9.17) is 10.5 Å². The van der Waals surface area contributed by atoms with Gasteiger partial charge in [-0.1, -0.05) is 25.1 Å². The average molecular weight is 344 g/mol. The molecule has 3 rings (SSSR count). The van der Waals surface area contributed by atoms with Crippen molar-refractivity contribution >= 4 is 28.2 Å². The molecule has 0 unspecified atom stereocenters. The maximum atomic E-state index is 12.2. The fraction of sp³-hybridized carbons (Fsp3) is 0.333. The van der Waals surface area contributed by atoms with Crippen LogP contribution in [0.1, 0.15) is 39.7 Å². The smallest absolute Gasteiger partial charge is 0.262 e. The number of anilines is 1. The minimum atomic E-state index is -0.484. The lowest BCUT2D eigenvalue weighted by atomic mass is 10.1. The highest BCUT2D eigenvalue weighted by molar-refractivity contribution is 7.17. The minimum Gasteiger partial charge on any atom is -0.483 e. The van der Waals surface area contributed by atoms with E-state index >= 15 is 0 Å². The molecule has 0 bridgehead atoms. The number of thiophene rings is 1. The van der Waals surface area contributed by atoms with Crippen LogP contribution in [0.15, 0.2) is 24.3 Å². The molecule has 0 aliphatic heterocycles. The summed E-state index contributed by atoms with van der Waals surface area (Å²) >= 11 is 1.45. The Labute approximate surface area is 144 Å². The van der Waals surface area contributed by atoms with Crippen molar-refractivity contribution in [1.29, 1.82) is 0 Å². The Morgan fingerprint density at radius 1 is 1.29 bits per heavy atom. The zero-order chi connectivity index (χ0) is 17.1. The Morgan fingerprint density at radius 2 is 2.08 bits per heavy atom. The van der Waals surface area contributed by atoms with Crippen LogP contribution in [0.25, 0.3) is 0 Å². The van der Waals surface area contributed by atoms with Gasteiger partial charge in [-0.3, -0.25) is 9.59 Å². The number of fused-ring (bicyclic) bond motifs is 1. The predicted octanol–water partition coefficient (Wildman–Crippen LogP) is 2.92. The number of para-hydroxylation sites is 1. The second kappa shape index (κ2) is 7.05. The summed E-state index contributed by atoms with van der Waals surface area (Å²) < 4.78 is 5.62. The Balaban J connectivity index is 1.69. The molecular weight excluding hydrogens is 324 g/mol. The Kier molecular flexibility index (Phi) is 4.85. The molecule has 0 radical (unpaired) electrons. The highest BCUT2D eigenvalue weighted by Crippen LogP contribution is 2.38. The summed E-state index contributed by atoms with van der Waals surface area (Å²) in [7, 11) is 0. The molecule has 126 valence electrons. The van der Waals surface area contributed by atoms with Crippen LogP contribution in [-0.2, 0) is 24.1 Å². The fourth-order valence-electron chi connectivity index (χ4n) is 3.00. The van der Waals surface area contributed by atoms with Gasteiger partial charge in [-0.15, -0.1) is 11.3 Å². The Morgan fingerprint density at radius 3 is 2.83 bits per heavy atom. The lowest BCUT2D eigenvalue weighted by Crippen LogP contribution is -2.22. The number of hydrogen-bond donors (Lipinski definition) is 2. The van der Waals surface area contributed by atoms with Crippen LogP contribution in [0.4, 0.5) is 5.00 Å². The number of hydrogen-bond acceptors (Lipinski definition) is 4. The third kappa shape index (κ3) is 3.28. The van der Waals surface area contributed by atoms with Gasteiger partial charge >= 0.3 is 0 Å². The second-order valence-corrected chi connectivity index (χ2v) is 6.83. The van der Waals surface area contributed by atoms with Gasteiger partial charge < -0.3 is 15.8 Å². The lowest BCUT2D eigenvalue weighted by molar-refractivity contribution is -0.118. The fourth-order valence-corrected chi connectivity index (χ4v) is 4.31. The maximum absolute atomic E-state index is 12.2. The Hall–Kier alpha value is -2.34.